The predicted octanol–water partition coefficient (Wildman–Crippen LogP) is 9.60. The molecule has 0 bridgehead atoms. The highest BCUT2D eigenvalue weighted by atomic mass is 35.5. The van der Waals surface area contributed by atoms with E-state index in [1.165, 1.54) is 0 Å². The molecule has 0 aliphatic carbocycles. The number of benzene rings is 4. The van der Waals surface area contributed by atoms with Crippen molar-refractivity contribution in [2.75, 3.05) is 0 Å². The number of fused-ring (bicyclic) bond motifs is 2. The topological polar surface area (TPSA) is 92.5 Å². The number of aromatic hydroxyl groups is 2. The molecule has 0 spiro atoms. The maximum Gasteiger partial charge on any atom is 0.174 e. The lowest BCUT2D eigenvalue weighted by Gasteiger charge is -2.05. The van der Waals surface area contributed by atoms with Gasteiger partial charge < -0.3 is 19.3 Å². The second-order valence-electron chi connectivity index (χ2n) is 9.30. The van der Waals surface area contributed by atoms with Crippen LogP contribution >= 0.6 is 11.6 Å². The summed E-state index contributed by atoms with van der Waals surface area (Å²) in [5, 5.41) is 30.4. The van der Waals surface area contributed by atoms with E-state index in [0.29, 0.717) is 22.6 Å². The summed E-state index contributed by atoms with van der Waals surface area (Å²) < 4.78 is 10.9. The number of aromatic nitrogens is 2. The zero-order chi connectivity index (χ0) is 27.4. The van der Waals surface area contributed by atoms with Crippen LogP contribution in [-0.4, -0.2) is 20.5 Å². The van der Waals surface area contributed by atoms with E-state index in [0.717, 1.165) is 63.7 Å². The Morgan fingerprint density at radius 2 is 1.18 bits per heavy atom. The van der Waals surface area contributed by atoms with Gasteiger partial charge >= 0.3 is 0 Å². The highest BCUT2D eigenvalue weighted by molar-refractivity contribution is 6.33. The number of hydrogen-bond donors (Lipinski definition) is 2. The van der Waals surface area contributed by atoms with Crippen LogP contribution in [0.15, 0.2) is 87.9 Å². The van der Waals surface area contributed by atoms with Gasteiger partial charge in [0.05, 0.1) is 15.8 Å². The Kier molecular flexibility index (Phi) is 9.12. The molecule has 7 heteroatoms. The fraction of sp³-hybridized carbons (Fsp3) is 0.212. The van der Waals surface area contributed by atoms with Gasteiger partial charge in [-0.05, 0) is 31.0 Å². The molecule has 4 aromatic carbocycles. The second kappa shape index (κ2) is 12.7. The minimum atomic E-state index is 0. The first kappa shape index (κ1) is 28.7. The van der Waals surface area contributed by atoms with Gasteiger partial charge in [-0.15, -0.1) is 0 Å². The maximum absolute atomic E-state index is 10.1. The smallest absolute Gasteiger partial charge is 0.174 e. The van der Waals surface area contributed by atoms with Gasteiger partial charge in [-0.25, -0.2) is 0 Å². The molecule has 6 aromatic rings. The van der Waals surface area contributed by atoms with E-state index >= 15 is 0 Å². The standard InChI is InChI=1S/C16H14ClNO2.C16H15NO2.CH4/c1-2-6-11-15(19)13(17)9-12-14(18-20-16(11)12)10-7-4-3-5-8-10;1-2-6-12-14(18)10-9-13-15(17-19-16(12)13)11-7-4-3-5-8-11;/h3-5,7-9,19H,2,6H2,1H3;3-5,7-10,18H,2,6H2,1H3;1H4. The van der Waals surface area contributed by atoms with Gasteiger partial charge in [-0.2, -0.15) is 0 Å². The fourth-order valence-electron chi connectivity index (χ4n) is 4.73. The highest BCUT2D eigenvalue weighted by Gasteiger charge is 2.19. The summed E-state index contributed by atoms with van der Waals surface area (Å²) >= 11 is 6.13. The van der Waals surface area contributed by atoms with Crippen molar-refractivity contribution < 1.29 is 19.3 Å². The molecular weight excluding hydrogens is 524 g/mol. The zero-order valence-electron chi connectivity index (χ0n) is 21.8. The summed E-state index contributed by atoms with van der Waals surface area (Å²) in [7, 11) is 0. The summed E-state index contributed by atoms with van der Waals surface area (Å²) in [5.41, 5.74) is 6.45. The van der Waals surface area contributed by atoms with Crippen molar-refractivity contribution in [1.29, 1.82) is 0 Å². The summed E-state index contributed by atoms with van der Waals surface area (Å²) in [4.78, 5) is 0. The summed E-state index contributed by atoms with van der Waals surface area (Å²) in [6.07, 6.45) is 3.33. The number of hydrogen-bond acceptors (Lipinski definition) is 6. The number of phenols is 2. The fourth-order valence-corrected chi connectivity index (χ4v) is 4.95. The molecule has 2 N–H and O–H groups in total. The van der Waals surface area contributed by atoms with Crippen LogP contribution in [0.2, 0.25) is 5.02 Å². The Balaban J connectivity index is 0.000000181. The average molecular weight is 557 g/mol. The molecular formula is C33H33ClN2O4. The average Bonchev–Trinajstić information content (AvgIpc) is 3.59. The van der Waals surface area contributed by atoms with E-state index in [1.54, 1.807) is 12.1 Å². The molecule has 0 aliphatic rings. The maximum atomic E-state index is 10.1. The lowest BCUT2D eigenvalue weighted by Crippen LogP contribution is -1.87. The molecule has 0 aliphatic heterocycles. The molecule has 40 heavy (non-hydrogen) atoms. The van der Waals surface area contributed by atoms with Crippen molar-refractivity contribution >= 4 is 33.5 Å². The van der Waals surface area contributed by atoms with Crippen LogP contribution in [0.5, 0.6) is 11.5 Å². The van der Waals surface area contributed by atoms with Gasteiger partial charge in [0, 0.05) is 22.3 Å². The van der Waals surface area contributed by atoms with Crippen molar-refractivity contribution in [3.8, 4) is 34.0 Å². The number of rotatable bonds is 6. The van der Waals surface area contributed by atoms with Crippen LogP contribution in [0.3, 0.4) is 0 Å². The Morgan fingerprint density at radius 1 is 0.675 bits per heavy atom. The van der Waals surface area contributed by atoms with Crippen molar-refractivity contribution in [1.82, 2.24) is 10.3 Å². The monoisotopic (exact) mass is 556 g/mol. The number of nitrogens with zero attached hydrogens (tertiary/aromatic N) is 2. The molecule has 2 heterocycles. The molecule has 0 fully saturated rings. The third kappa shape index (κ3) is 5.54. The van der Waals surface area contributed by atoms with Crippen molar-refractivity contribution in [2.24, 2.45) is 0 Å². The SMILES string of the molecule is C.CCCc1c(O)c(Cl)cc2c(-c3ccccc3)noc12.CCCc1c(O)ccc2c(-c3ccccc3)noc12. The molecule has 0 unspecified atom stereocenters. The van der Waals surface area contributed by atoms with E-state index in [-0.39, 0.29) is 18.9 Å². The first-order chi connectivity index (χ1) is 19.0. The summed E-state index contributed by atoms with van der Waals surface area (Å²) in [6, 6.07) is 25.0. The number of aryl methyl sites for hydroxylation is 2. The van der Waals surface area contributed by atoms with Gasteiger partial charge in [-0.1, -0.05) is 117 Å². The van der Waals surface area contributed by atoms with E-state index < -0.39 is 0 Å². The molecule has 0 atom stereocenters. The third-order valence-electron chi connectivity index (χ3n) is 6.60. The van der Waals surface area contributed by atoms with Crippen LogP contribution in [0.1, 0.15) is 45.2 Å². The van der Waals surface area contributed by atoms with Gasteiger partial charge in [-0.3, -0.25) is 0 Å². The largest absolute Gasteiger partial charge is 0.508 e. The molecule has 0 radical (unpaired) electrons. The highest BCUT2D eigenvalue weighted by Crippen LogP contribution is 2.39. The second-order valence-corrected chi connectivity index (χ2v) is 9.70. The van der Waals surface area contributed by atoms with Crippen LogP contribution in [-0.2, 0) is 12.8 Å². The quantitative estimate of drug-likeness (QED) is 0.212. The predicted molar refractivity (Wildman–Crippen MR) is 162 cm³/mol. The minimum Gasteiger partial charge on any atom is -0.508 e. The summed E-state index contributed by atoms with van der Waals surface area (Å²) in [5.74, 6) is 0.377. The van der Waals surface area contributed by atoms with Crippen LogP contribution in [0.4, 0.5) is 0 Å². The Labute approximate surface area is 238 Å². The molecule has 0 amide bonds. The first-order valence-electron chi connectivity index (χ1n) is 13.0. The van der Waals surface area contributed by atoms with Crippen LogP contribution < -0.4 is 0 Å². The Morgan fingerprint density at radius 3 is 1.73 bits per heavy atom. The molecule has 0 saturated heterocycles. The lowest BCUT2D eigenvalue weighted by atomic mass is 10.0. The van der Waals surface area contributed by atoms with Gasteiger partial charge in [0.15, 0.2) is 11.2 Å². The minimum absolute atomic E-state index is 0. The summed E-state index contributed by atoms with van der Waals surface area (Å²) in [6.45, 7) is 4.12. The van der Waals surface area contributed by atoms with Gasteiger partial charge in [0.2, 0.25) is 0 Å². The molecule has 0 saturated carbocycles. The zero-order valence-corrected chi connectivity index (χ0v) is 22.6. The third-order valence-corrected chi connectivity index (χ3v) is 6.89. The lowest BCUT2D eigenvalue weighted by molar-refractivity contribution is 0.443. The van der Waals surface area contributed by atoms with E-state index in [9.17, 15) is 10.2 Å². The number of halogens is 1. The van der Waals surface area contributed by atoms with Crippen LogP contribution in [0.25, 0.3) is 44.5 Å². The normalized spacial score (nSPS) is 10.8. The molecule has 2 aromatic heterocycles. The molecule has 206 valence electrons. The van der Waals surface area contributed by atoms with Gasteiger partial charge in [0.25, 0.3) is 0 Å². The molecule has 6 nitrogen and oxygen atoms in total. The van der Waals surface area contributed by atoms with E-state index in [1.807, 2.05) is 73.7 Å². The van der Waals surface area contributed by atoms with Crippen molar-refractivity contribution in [2.45, 2.75) is 47.0 Å². The Hall–Kier alpha value is -4.29. The Bertz CT molecular complexity index is 1710. The molecule has 6 rings (SSSR count). The van der Waals surface area contributed by atoms with Crippen molar-refractivity contribution in [3.63, 3.8) is 0 Å². The van der Waals surface area contributed by atoms with E-state index in [2.05, 4.69) is 17.2 Å². The van der Waals surface area contributed by atoms with Crippen LogP contribution in [0, 0.1) is 0 Å². The first-order valence-corrected chi connectivity index (χ1v) is 13.4. The van der Waals surface area contributed by atoms with E-state index in [4.69, 9.17) is 20.6 Å². The van der Waals surface area contributed by atoms with Crippen molar-refractivity contribution in [3.05, 3.63) is 95.0 Å². The number of phenolic OH excluding ortho intramolecular Hbond substituents is 2. The van der Waals surface area contributed by atoms with Gasteiger partial charge in [0.1, 0.15) is 22.9 Å².